The molecule has 0 atom stereocenters. The summed E-state index contributed by atoms with van der Waals surface area (Å²) in [7, 11) is 1.52. The molecule has 4 nitrogen and oxygen atoms in total. The predicted octanol–water partition coefficient (Wildman–Crippen LogP) is 1.24. The van der Waals surface area contributed by atoms with E-state index in [1.165, 1.54) is 7.11 Å². The number of nitrogens with two attached hydrogens (primary N) is 1. The van der Waals surface area contributed by atoms with Crippen LogP contribution in [0.1, 0.15) is 16.8 Å². The average molecular weight is 193 g/mol. The standard InChI is InChI=1S/C10H11NO3/c1-13-8-3-2-6(11)10-9(8)7(12)4-5-14-10/h2-3H,4-5,11H2,1H3. The number of carbonyl (C=O) groups excluding carboxylic acids is 1. The van der Waals surface area contributed by atoms with Crippen molar-refractivity contribution in [2.75, 3.05) is 19.5 Å². The van der Waals surface area contributed by atoms with E-state index in [1.807, 2.05) is 0 Å². The van der Waals surface area contributed by atoms with Gasteiger partial charge in [0.1, 0.15) is 11.3 Å². The number of benzene rings is 1. The van der Waals surface area contributed by atoms with Crippen LogP contribution >= 0.6 is 0 Å². The SMILES string of the molecule is COc1ccc(N)c2c1C(=O)CCO2. The third-order valence-corrected chi connectivity index (χ3v) is 2.22. The average Bonchev–Trinajstić information content (AvgIpc) is 2.20. The number of Topliss-reactive ketones (excluding diaryl/α,β-unsaturated/α-hetero) is 1. The van der Waals surface area contributed by atoms with Gasteiger partial charge in [-0.1, -0.05) is 0 Å². The van der Waals surface area contributed by atoms with E-state index in [-0.39, 0.29) is 5.78 Å². The molecule has 74 valence electrons. The van der Waals surface area contributed by atoms with Crippen LogP contribution in [0.2, 0.25) is 0 Å². The number of anilines is 1. The molecule has 1 aliphatic heterocycles. The monoisotopic (exact) mass is 193 g/mol. The number of rotatable bonds is 1. The molecule has 0 radical (unpaired) electrons. The Morgan fingerprint density at radius 1 is 1.50 bits per heavy atom. The number of hydrogen-bond acceptors (Lipinski definition) is 4. The van der Waals surface area contributed by atoms with Gasteiger partial charge < -0.3 is 15.2 Å². The van der Waals surface area contributed by atoms with Gasteiger partial charge in [-0.15, -0.1) is 0 Å². The topological polar surface area (TPSA) is 61.5 Å². The first kappa shape index (κ1) is 8.87. The van der Waals surface area contributed by atoms with Crippen molar-refractivity contribution in [1.82, 2.24) is 0 Å². The van der Waals surface area contributed by atoms with Crippen LogP contribution in [0, 0.1) is 0 Å². The molecule has 0 aromatic heterocycles. The highest BCUT2D eigenvalue weighted by atomic mass is 16.5. The molecule has 1 aliphatic rings. The van der Waals surface area contributed by atoms with Gasteiger partial charge in [0.2, 0.25) is 0 Å². The minimum absolute atomic E-state index is 0.0235. The molecule has 1 aromatic carbocycles. The maximum absolute atomic E-state index is 11.6. The van der Waals surface area contributed by atoms with Gasteiger partial charge in [-0.3, -0.25) is 4.79 Å². The van der Waals surface area contributed by atoms with Crippen LogP contribution in [0.3, 0.4) is 0 Å². The molecule has 0 saturated carbocycles. The third-order valence-electron chi connectivity index (χ3n) is 2.22. The van der Waals surface area contributed by atoms with E-state index in [0.717, 1.165) is 0 Å². The van der Waals surface area contributed by atoms with Crippen molar-refractivity contribution in [2.45, 2.75) is 6.42 Å². The first-order chi connectivity index (χ1) is 6.74. The summed E-state index contributed by atoms with van der Waals surface area (Å²) in [5.74, 6) is 1.01. The molecule has 2 N–H and O–H groups in total. The van der Waals surface area contributed by atoms with Crippen molar-refractivity contribution in [3.05, 3.63) is 17.7 Å². The molecule has 0 saturated heterocycles. The van der Waals surface area contributed by atoms with E-state index in [1.54, 1.807) is 12.1 Å². The molecule has 0 spiro atoms. The van der Waals surface area contributed by atoms with Gasteiger partial charge in [0.25, 0.3) is 0 Å². The molecule has 1 heterocycles. The predicted molar refractivity (Wildman–Crippen MR) is 51.8 cm³/mol. The smallest absolute Gasteiger partial charge is 0.173 e. The van der Waals surface area contributed by atoms with E-state index in [4.69, 9.17) is 15.2 Å². The molecule has 0 amide bonds. The summed E-state index contributed by atoms with van der Waals surface area (Å²) in [6, 6.07) is 3.36. The largest absolute Gasteiger partial charge is 0.496 e. The number of fused-ring (bicyclic) bond motifs is 1. The van der Waals surface area contributed by atoms with E-state index in [9.17, 15) is 4.79 Å². The molecule has 0 aliphatic carbocycles. The second-order valence-electron chi connectivity index (χ2n) is 3.08. The minimum Gasteiger partial charge on any atom is -0.496 e. The summed E-state index contributed by atoms with van der Waals surface area (Å²) in [6.45, 7) is 0.392. The summed E-state index contributed by atoms with van der Waals surface area (Å²) in [4.78, 5) is 11.6. The van der Waals surface area contributed by atoms with Crippen molar-refractivity contribution < 1.29 is 14.3 Å². The molecular weight excluding hydrogens is 182 g/mol. The summed E-state index contributed by atoms with van der Waals surface area (Å²) < 4.78 is 10.4. The molecule has 14 heavy (non-hydrogen) atoms. The highest BCUT2D eigenvalue weighted by Gasteiger charge is 2.24. The third kappa shape index (κ3) is 1.19. The molecular formula is C10H11NO3. The fraction of sp³-hybridized carbons (Fsp3) is 0.300. The van der Waals surface area contributed by atoms with Crippen molar-refractivity contribution in [1.29, 1.82) is 0 Å². The highest BCUT2D eigenvalue weighted by Crippen LogP contribution is 2.37. The van der Waals surface area contributed by atoms with Crippen LogP contribution in [0.5, 0.6) is 11.5 Å². The first-order valence-electron chi connectivity index (χ1n) is 4.36. The fourth-order valence-electron chi connectivity index (χ4n) is 1.54. The Labute approximate surface area is 81.6 Å². The zero-order chi connectivity index (χ0) is 10.1. The van der Waals surface area contributed by atoms with Crippen LogP contribution in [0.4, 0.5) is 5.69 Å². The number of ketones is 1. The fourth-order valence-corrected chi connectivity index (χ4v) is 1.54. The van der Waals surface area contributed by atoms with E-state index < -0.39 is 0 Å². The second-order valence-corrected chi connectivity index (χ2v) is 3.08. The highest BCUT2D eigenvalue weighted by molar-refractivity contribution is 6.03. The van der Waals surface area contributed by atoms with E-state index >= 15 is 0 Å². The second kappa shape index (κ2) is 3.21. The normalized spacial score (nSPS) is 14.5. The molecule has 0 fully saturated rings. The van der Waals surface area contributed by atoms with Gasteiger partial charge in [-0.2, -0.15) is 0 Å². The van der Waals surface area contributed by atoms with E-state index in [2.05, 4.69) is 0 Å². The zero-order valence-corrected chi connectivity index (χ0v) is 7.87. The molecule has 4 heteroatoms. The number of hydrogen-bond donors (Lipinski definition) is 1. The lowest BCUT2D eigenvalue weighted by Gasteiger charge is -2.19. The van der Waals surface area contributed by atoms with Crippen LogP contribution < -0.4 is 15.2 Å². The quantitative estimate of drug-likeness (QED) is 0.681. The maximum Gasteiger partial charge on any atom is 0.173 e. The Balaban J connectivity index is 2.64. The van der Waals surface area contributed by atoms with E-state index in [0.29, 0.717) is 35.8 Å². The van der Waals surface area contributed by atoms with Crippen LogP contribution in [0.15, 0.2) is 12.1 Å². The molecule has 0 bridgehead atoms. The maximum atomic E-state index is 11.6. The van der Waals surface area contributed by atoms with Crippen molar-refractivity contribution in [3.63, 3.8) is 0 Å². The molecule has 1 aromatic rings. The summed E-state index contributed by atoms with van der Waals surface area (Å²) in [5.41, 5.74) is 6.65. The van der Waals surface area contributed by atoms with Gasteiger partial charge in [0.15, 0.2) is 11.5 Å². The van der Waals surface area contributed by atoms with Crippen LogP contribution in [-0.2, 0) is 0 Å². The minimum atomic E-state index is 0.0235. The molecule has 2 rings (SSSR count). The van der Waals surface area contributed by atoms with Crippen LogP contribution in [-0.4, -0.2) is 19.5 Å². The molecule has 0 unspecified atom stereocenters. The first-order valence-corrected chi connectivity index (χ1v) is 4.36. The van der Waals surface area contributed by atoms with Crippen molar-refractivity contribution in [2.24, 2.45) is 0 Å². The van der Waals surface area contributed by atoms with Crippen LogP contribution in [0.25, 0.3) is 0 Å². The van der Waals surface area contributed by atoms with Gasteiger partial charge in [-0.25, -0.2) is 0 Å². The van der Waals surface area contributed by atoms with Crippen molar-refractivity contribution >= 4 is 11.5 Å². The van der Waals surface area contributed by atoms with Gasteiger partial charge >= 0.3 is 0 Å². The Morgan fingerprint density at radius 2 is 2.29 bits per heavy atom. The van der Waals surface area contributed by atoms with Gasteiger partial charge in [0, 0.05) is 6.42 Å². The zero-order valence-electron chi connectivity index (χ0n) is 7.87. The lowest BCUT2D eigenvalue weighted by Crippen LogP contribution is -2.17. The number of methoxy groups -OCH3 is 1. The summed E-state index contributed by atoms with van der Waals surface area (Å²) >= 11 is 0. The lowest BCUT2D eigenvalue weighted by molar-refractivity contribution is 0.0930. The van der Waals surface area contributed by atoms with Crippen molar-refractivity contribution in [3.8, 4) is 11.5 Å². The van der Waals surface area contributed by atoms with Gasteiger partial charge in [0.05, 0.1) is 19.4 Å². The van der Waals surface area contributed by atoms with Gasteiger partial charge in [-0.05, 0) is 12.1 Å². The number of ether oxygens (including phenoxy) is 2. The lowest BCUT2D eigenvalue weighted by atomic mass is 10.0. The number of carbonyl (C=O) groups is 1. The Hall–Kier alpha value is -1.71. The Morgan fingerprint density at radius 3 is 3.00 bits per heavy atom. The Kier molecular flexibility index (Phi) is 2.04. The number of nitrogen functional groups attached to an aromatic ring is 1. The Bertz CT molecular complexity index is 387. The summed E-state index contributed by atoms with van der Waals surface area (Å²) in [5, 5.41) is 0. The summed E-state index contributed by atoms with van der Waals surface area (Å²) in [6.07, 6.45) is 0.382.